The maximum atomic E-state index is 13.6. The Labute approximate surface area is 93.8 Å². The van der Waals surface area contributed by atoms with Crippen LogP contribution >= 0.6 is 0 Å². The number of nitrogens with zero attached hydrogens (tertiary/aromatic N) is 1. The topological polar surface area (TPSA) is 29.5 Å². The van der Waals surface area contributed by atoms with Crippen molar-refractivity contribution >= 4 is 5.91 Å². The predicted molar refractivity (Wildman–Crippen MR) is 58.1 cm³/mol. The second-order valence-electron chi connectivity index (χ2n) is 4.16. The zero-order valence-electron chi connectivity index (χ0n) is 9.37. The van der Waals surface area contributed by atoms with Crippen molar-refractivity contribution in [1.29, 1.82) is 0 Å². The average molecular weight is 223 g/mol. The molecule has 0 aromatic heterocycles. The monoisotopic (exact) mass is 223 g/mol. The van der Waals surface area contributed by atoms with Crippen molar-refractivity contribution in [3.63, 3.8) is 0 Å². The molecule has 16 heavy (non-hydrogen) atoms. The molecular formula is C12H14FNO2. The summed E-state index contributed by atoms with van der Waals surface area (Å²) in [6.07, 6.45) is 2.13. The minimum absolute atomic E-state index is 0.157. The van der Waals surface area contributed by atoms with Gasteiger partial charge in [-0.2, -0.15) is 0 Å². The van der Waals surface area contributed by atoms with Crippen molar-refractivity contribution in [3.8, 4) is 5.75 Å². The second kappa shape index (κ2) is 4.12. The number of hydrogen-bond donors (Lipinski definition) is 0. The molecule has 0 N–H and O–H groups in total. The Balaban J connectivity index is 2.17. The summed E-state index contributed by atoms with van der Waals surface area (Å²) in [5, 5.41) is 0. The minimum Gasteiger partial charge on any atom is -0.487 e. The lowest BCUT2D eigenvalue weighted by molar-refractivity contribution is 0.0827. The van der Waals surface area contributed by atoms with Gasteiger partial charge in [-0.05, 0) is 31.0 Å². The number of carbonyl (C=O) groups is 1. The van der Waals surface area contributed by atoms with Crippen LogP contribution < -0.4 is 4.74 Å². The molecule has 0 saturated heterocycles. The third-order valence-corrected chi connectivity index (χ3v) is 2.40. The third-order valence-electron chi connectivity index (χ3n) is 2.40. The largest absolute Gasteiger partial charge is 0.487 e. The fraction of sp³-hybridized carbons (Fsp3) is 0.417. The van der Waals surface area contributed by atoms with E-state index in [-0.39, 0.29) is 17.8 Å². The predicted octanol–water partition coefficient (Wildman–Crippen LogP) is 2.07. The molecule has 0 bridgehead atoms. The van der Waals surface area contributed by atoms with Crippen molar-refractivity contribution in [2.75, 3.05) is 14.1 Å². The lowest BCUT2D eigenvalue weighted by Crippen LogP contribution is -2.21. The van der Waals surface area contributed by atoms with Gasteiger partial charge < -0.3 is 9.64 Å². The van der Waals surface area contributed by atoms with Gasteiger partial charge in [0.25, 0.3) is 5.91 Å². The van der Waals surface area contributed by atoms with Crippen LogP contribution in [0.25, 0.3) is 0 Å². The highest BCUT2D eigenvalue weighted by atomic mass is 19.1. The molecule has 1 saturated carbocycles. The number of ether oxygens (including phenoxy) is 1. The maximum absolute atomic E-state index is 13.6. The Bertz CT molecular complexity index is 413. The first kappa shape index (κ1) is 10.9. The second-order valence-corrected chi connectivity index (χ2v) is 4.16. The highest BCUT2D eigenvalue weighted by Gasteiger charge is 2.25. The summed E-state index contributed by atoms with van der Waals surface area (Å²) in [7, 11) is 3.27. The summed E-state index contributed by atoms with van der Waals surface area (Å²) >= 11 is 0. The SMILES string of the molecule is CN(C)C(=O)c1ccc(OC2CC2)c(F)c1. The quantitative estimate of drug-likeness (QED) is 0.785. The Morgan fingerprint density at radius 3 is 2.62 bits per heavy atom. The summed E-state index contributed by atoms with van der Waals surface area (Å²) in [6.45, 7) is 0. The first-order chi connectivity index (χ1) is 7.58. The van der Waals surface area contributed by atoms with E-state index < -0.39 is 5.82 Å². The van der Waals surface area contributed by atoms with Crippen LogP contribution in [0.5, 0.6) is 5.75 Å². The zero-order valence-corrected chi connectivity index (χ0v) is 9.37. The fourth-order valence-corrected chi connectivity index (χ4v) is 1.35. The highest BCUT2D eigenvalue weighted by molar-refractivity contribution is 5.94. The van der Waals surface area contributed by atoms with E-state index in [1.807, 2.05) is 0 Å². The van der Waals surface area contributed by atoms with Crippen molar-refractivity contribution in [2.45, 2.75) is 18.9 Å². The van der Waals surface area contributed by atoms with E-state index in [1.54, 1.807) is 20.2 Å². The number of benzene rings is 1. The van der Waals surface area contributed by atoms with E-state index in [0.29, 0.717) is 5.56 Å². The summed E-state index contributed by atoms with van der Waals surface area (Å²) < 4.78 is 18.9. The van der Waals surface area contributed by atoms with Crippen LogP contribution in [0.3, 0.4) is 0 Å². The van der Waals surface area contributed by atoms with Crippen molar-refractivity contribution in [2.24, 2.45) is 0 Å². The smallest absolute Gasteiger partial charge is 0.253 e. The molecular weight excluding hydrogens is 209 g/mol. The maximum Gasteiger partial charge on any atom is 0.253 e. The van der Waals surface area contributed by atoms with Crippen LogP contribution in [0.2, 0.25) is 0 Å². The molecule has 86 valence electrons. The van der Waals surface area contributed by atoms with Gasteiger partial charge in [0.15, 0.2) is 11.6 Å². The van der Waals surface area contributed by atoms with Crippen molar-refractivity contribution in [1.82, 2.24) is 4.90 Å². The molecule has 0 atom stereocenters. The minimum atomic E-state index is -0.473. The van der Waals surface area contributed by atoms with Crippen LogP contribution in [0.15, 0.2) is 18.2 Å². The molecule has 1 aliphatic carbocycles. The van der Waals surface area contributed by atoms with Crippen LogP contribution in [-0.2, 0) is 0 Å². The van der Waals surface area contributed by atoms with E-state index in [0.717, 1.165) is 12.8 Å². The van der Waals surface area contributed by atoms with Crippen LogP contribution in [-0.4, -0.2) is 31.0 Å². The molecule has 3 nitrogen and oxygen atoms in total. The van der Waals surface area contributed by atoms with Crippen molar-refractivity contribution < 1.29 is 13.9 Å². The summed E-state index contributed by atoms with van der Waals surface area (Å²) in [5.74, 6) is -0.450. The zero-order chi connectivity index (χ0) is 11.7. The number of hydrogen-bond acceptors (Lipinski definition) is 2. The number of halogens is 1. The summed E-state index contributed by atoms with van der Waals surface area (Å²) in [5.41, 5.74) is 0.339. The normalized spacial score (nSPS) is 14.7. The van der Waals surface area contributed by atoms with Gasteiger partial charge in [-0.3, -0.25) is 4.79 Å². The van der Waals surface area contributed by atoms with Gasteiger partial charge in [0.2, 0.25) is 0 Å². The standard InChI is InChI=1S/C12H14FNO2/c1-14(2)12(15)8-3-6-11(10(13)7-8)16-9-4-5-9/h3,6-7,9H,4-5H2,1-2H3. The summed E-state index contributed by atoms with van der Waals surface area (Å²) in [6, 6.07) is 4.33. The number of carbonyl (C=O) groups excluding carboxylic acids is 1. The Morgan fingerprint density at radius 2 is 2.12 bits per heavy atom. The van der Waals surface area contributed by atoms with Gasteiger partial charge >= 0.3 is 0 Å². The van der Waals surface area contributed by atoms with Gasteiger partial charge in [0.1, 0.15) is 0 Å². The van der Waals surface area contributed by atoms with E-state index in [2.05, 4.69) is 0 Å². The lowest BCUT2D eigenvalue weighted by Gasteiger charge is -2.11. The van der Waals surface area contributed by atoms with Gasteiger partial charge in [0, 0.05) is 19.7 Å². The van der Waals surface area contributed by atoms with Gasteiger partial charge in [0.05, 0.1) is 6.10 Å². The number of amides is 1. The Morgan fingerprint density at radius 1 is 1.44 bits per heavy atom. The Kier molecular flexibility index (Phi) is 2.81. The molecule has 1 amide bonds. The van der Waals surface area contributed by atoms with Crippen LogP contribution in [0.4, 0.5) is 4.39 Å². The molecule has 0 heterocycles. The van der Waals surface area contributed by atoms with Gasteiger partial charge in [-0.25, -0.2) is 4.39 Å². The molecule has 2 rings (SSSR count). The van der Waals surface area contributed by atoms with E-state index in [4.69, 9.17) is 4.74 Å². The van der Waals surface area contributed by atoms with E-state index in [9.17, 15) is 9.18 Å². The molecule has 1 aromatic rings. The first-order valence-electron chi connectivity index (χ1n) is 5.26. The van der Waals surface area contributed by atoms with E-state index in [1.165, 1.54) is 17.0 Å². The Hall–Kier alpha value is -1.58. The highest BCUT2D eigenvalue weighted by Crippen LogP contribution is 2.28. The molecule has 4 heteroatoms. The van der Waals surface area contributed by atoms with Crippen molar-refractivity contribution in [3.05, 3.63) is 29.6 Å². The third kappa shape index (κ3) is 2.32. The first-order valence-corrected chi connectivity index (χ1v) is 5.26. The molecule has 1 aromatic carbocycles. The number of rotatable bonds is 3. The van der Waals surface area contributed by atoms with Gasteiger partial charge in [-0.15, -0.1) is 0 Å². The van der Waals surface area contributed by atoms with Crippen LogP contribution in [0, 0.1) is 5.82 Å². The molecule has 0 unspecified atom stereocenters. The van der Waals surface area contributed by atoms with E-state index >= 15 is 0 Å². The lowest BCUT2D eigenvalue weighted by atomic mass is 10.2. The molecule has 0 radical (unpaired) electrons. The molecule has 0 aliphatic heterocycles. The molecule has 1 aliphatic rings. The fourth-order valence-electron chi connectivity index (χ4n) is 1.35. The molecule has 1 fully saturated rings. The van der Waals surface area contributed by atoms with Crippen LogP contribution in [0.1, 0.15) is 23.2 Å². The summed E-state index contributed by atoms with van der Waals surface area (Å²) in [4.78, 5) is 13.0. The average Bonchev–Trinajstić information content (AvgIpc) is 3.03. The van der Waals surface area contributed by atoms with Gasteiger partial charge in [-0.1, -0.05) is 0 Å². The molecule has 0 spiro atoms.